The van der Waals surface area contributed by atoms with Gasteiger partial charge in [0.05, 0.1) is 17.9 Å². The van der Waals surface area contributed by atoms with Crippen LogP contribution in [0.5, 0.6) is 0 Å². The van der Waals surface area contributed by atoms with E-state index in [1.165, 1.54) is 6.92 Å². The van der Waals surface area contributed by atoms with Crippen molar-refractivity contribution in [3.63, 3.8) is 0 Å². The highest BCUT2D eigenvalue weighted by Crippen LogP contribution is 2.33. The van der Waals surface area contributed by atoms with Gasteiger partial charge in [-0.15, -0.1) is 11.6 Å². The lowest BCUT2D eigenvalue weighted by atomic mass is 10.2. The molecule has 0 bridgehead atoms. The number of carbonyl (C=O) groups excluding carboxylic acids is 1. The van der Waals surface area contributed by atoms with Crippen LogP contribution in [0.25, 0.3) is 0 Å². The van der Waals surface area contributed by atoms with Crippen LogP contribution in [0.4, 0.5) is 5.82 Å². The molecule has 1 aliphatic rings. The second kappa shape index (κ2) is 7.51. The maximum atomic E-state index is 10.8. The van der Waals surface area contributed by atoms with E-state index in [4.69, 9.17) is 21.1 Å². The molecule has 0 radical (unpaired) electrons. The minimum atomic E-state index is -0.310. The van der Waals surface area contributed by atoms with Crippen LogP contribution in [0.2, 0.25) is 0 Å². The third kappa shape index (κ3) is 3.72. The predicted molar refractivity (Wildman–Crippen MR) is 84.1 cm³/mol. The Morgan fingerprint density at radius 2 is 2.36 bits per heavy atom. The number of aromatic nitrogens is 2. The summed E-state index contributed by atoms with van der Waals surface area (Å²) < 4.78 is 12.5. The maximum absolute atomic E-state index is 10.8. The molecule has 1 aliphatic heterocycles. The van der Waals surface area contributed by atoms with Gasteiger partial charge in [0, 0.05) is 12.6 Å². The van der Waals surface area contributed by atoms with Crippen LogP contribution < -0.4 is 0 Å². The lowest BCUT2D eigenvalue weighted by molar-refractivity contribution is -0.145. The number of ether oxygens (including phenoxy) is 2. The molecule has 2 atom stereocenters. The monoisotopic (exact) mass is 326 g/mol. The van der Waals surface area contributed by atoms with Crippen molar-refractivity contribution in [2.75, 3.05) is 12.6 Å². The second-order valence-electron chi connectivity index (χ2n) is 4.94. The number of nitrogens with zero attached hydrogens (tertiary/aromatic N) is 4. The lowest BCUT2D eigenvalue weighted by Gasteiger charge is -2.15. The van der Waals surface area contributed by atoms with Crippen LogP contribution in [-0.4, -0.2) is 46.9 Å². The van der Waals surface area contributed by atoms with Crippen molar-refractivity contribution in [1.82, 2.24) is 9.78 Å². The van der Waals surface area contributed by atoms with Crippen molar-refractivity contribution in [2.24, 2.45) is 9.98 Å². The van der Waals surface area contributed by atoms with E-state index in [1.54, 1.807) is 10.9 Å². The van der Waals surface area contributed by atoms with Gasteiger partial charge in [-0.25, -0.2) is 9.67 Å². The molecule has 0 N–H and O–H groups in total. The zero-order valence-corrected chi connectivity index (χ0v) is 13.4. The molecule has 2 heterocycles. The van der Waals surface area contributed by atoms with Crippen LogP contribution in [0, 0.1) is 0 Å². The Labute approximate surface area is 134 Å². The summed E-state index contributed by atoms with van der Waals surface area (Å²) in [5.74, 6) is 0.291. The molecule has 1 saturated heterocycles. The zero-order chi connectivity index (χ0) is 16.1. The van der Waals surface area contributed by atoms with Gasteiger partial charge >= 0.3 is 5.97 Å². The van der Waals surface area contributed by atoms with E-state index in [-0.39, 0.29) is 30.9 Å². The fourth-order valence-electron chi connectivity index (χ4n) is 2.35. The van der Waals surface area contributed by atoms with E-state index in [0.717, 1.165) is 24.1 Å². The van der Waals surface area contributed by atoms with Crippen molar-refractivity contribution < 1.29 is 14.3 Å². The molecule has 120 valence electrons. The Balaban J connectivity index is 2.12. The zero-order valence-electron chi connectivity index (χ0n) is 12.7. The number of aliphatic imine (C=N–C) groups is 2. The first-order chi connectivity index (χ1) is 10.6. The van der Waals surface area contributed by atoms with Crippen molar-refractivity contribution in [1.29, 1.82) is 0 Å². The summed E-state index contributed by atoms with van der Waals surface area (Å²) in [6.07, 6.45) is 2.85. The Hall–Kier alpha value is -1.73. The number of hydrogen-bond donors (Lipinski definition) is 0. The molecule has 0 saturated carbocycles. The van der Waals surface area contributed by atoms with Crippen molar-refractivity contribution >= 4 is 35.8 Å². The highest BCUT2D eigenvalue weighted by Gasteiger charge is 2.30. The molecule has 1 aromatic heterocycles. The van der Waals surface area contributed by atoms with E-state index in [9.17, 15) is 4.79 Å². The minimum Gasteiger partial charge on any atom is -0.463 e. The molecular formula is C14H19ClN4O3. The Morgan fingerprint density at radius 3 is 3.00 bits per heavy atom. The molecule has 7 nitrogen and oxygen atoms in total. The van der Waals surface area contributed by atoms with Gasteiger partial charge in [0.15, 0.2) is 12.0 Å². The molecule has 0 amide bonds. The van der Waals surface area contributed by atoms with Crippen LogP contribution in [-0.2, 0) is 14.3 Å². The number of halogens is 1. The summed E-state index contributed by atoms with van der Waals surface area (Å²) in [6, 6.07) is 0.179. The molecule has 2 unspecified atom stereocenters. The average molecular weight is 327 g/mol. The molecule has 0 aliphatic carbocycles. The molecule has 0 aromatic carbocycles. The number of hydrogen-bond acceptors (Lipinski definition) is 6. The van der Waals surface area contributed by atoms with Gasteiger partial charge in [-0.2, -0.15) is 5.10 Å². The number of rotatable bonds is 6. The first-order valence-electron chi connectivity index (χ1n) is 6.97. The van der Waals surface area contributed by atoms with Gasteiger partial charge in [-0.1, -0.05) is 0 Å². The molecule has 1 fully saturated rings. The van der Waals surface area contributed by atoms with E-state index >= 15 is 0 Å². The summed E-state index contributed by atoms with van der Waals surface area (Å²) in [5, 5.41) is 4.33. The van der Waals surface area contributed by atoms with Crippen LogP contribution in [0.3, 0.4) is 0 Å². The van der Waals surface area contributed by atoms with E-state index in [2.05, 4.69) is 21.8 Å². The van der Waals surface area contributed by atoms with Crippen LogP contribution >= 0.6 is 11.6 Å². The lowest BCUT2D eigenvalue weighted by Crippen LogP contribution is -2.18. The molecule has 1 aromatic rings. The van der Waals surface area contributed by atoms with E-state index < -0.39 is 0 Å². The number of esters is 1. The third-order valence-electron chi connectivity index (χ3n) is 3.44. The average Bonchev–Trinajstić information content (AvgIpc) is 3.11. The fraction of sp³-hybridized carbons (Fsp3) is 0.571. The van der Waals surface area contributed by atoms with Crippen molar-refractivity contribution in [2.45, 2.75) is 39.0 Å². The summed E-state index contributed by atoms with van der Waals surface area (Å²) in [7, 11) is 0. The topological polar surface area (TPSA) is 78.1 Å². The van der Waals surface area contributed by atoms with Gasteiger partial charge in [-0.3, -0.25) is 9.79 Å². The summed E-state index contributed by atoms with van der Waals surface area (Å²) in [4.78, 5) is 19.0. The Kier molecular flexibility index (Phi) is 5.68. The number of alkyl halides is 1. The summed E-state index contributed by atoms with van der Waals surface area (Å²) in [6.45, 7) is 7.07. The molecule has 8 heteroatoms. The second-order valence-corrected chi connectivity index (χ2v) is 5.18. The largest absolute Gasteiger partial charge is 0.463 e. The molecule has 0 spiro atoms. The highest BCUT2D eigenvalue weighted by molar-refractivity contribution is 6.18. The van der Waals surface area contributed by atoms with Crippen molar-refractivity contribution in [3.8, 4) is 0 Å². The van der Waals surface area contributed by atoms with Crippen molar-refractivity contribution in [3.05, 3.63) is 11.8 Å². The first kappa shape index (κ1) is 16.6. The van der Waals surface area contributed by atoms with Gasteiger partial charge in [-0.05, 0) is 26.5 Å². The Morgan fingerprint density at radius 1 is 1.59 bits per heavy atom. The van der Waals surface area contributed by atoms with E-state index in [0.29, 0.717) is 5.82 Å². The molecular weight excluding hydrogens is 308 g/mol. The molecule has 2 rings (SSSR count). The van der Waals surface area contributed by atoms with E-state index in [1.807, 2.05) is 6.92 Å². The minimum absolute atomic E-state index is 0.128. The first-order valence-corrected chi connectivity index (χ1v) is 7.50. The van der Waals surface area contributed by atoms with Gasteiger partial charge in [0.25, 0.3) is 0 Å². The molecule has 22 heavy (non-hydrogen) atoms. The SMILES string of the molecule is C=Nc1c(/C(C)=N\CCl)cnn1C1CCC(COC(C)=O)O1. The fourth-order valence-corrected chi connectivity index (χ4v) is 2.53. The van der Waals surface area contributed by atoms with Crippen LogP contribution in [0.1, 0.15) is 38.5 Å². The standard InChI is InChI=1S/C14H19ClN4O3/c1-9(17-8-15)12-6-18-19(14(12)16-3)13-5-4-11(22-13)7-21-10(2)20/h6,11,13H,3-5,7-8H2,1-2H3/b17-9-. The third-order valence-corrected chi connectivity index (χ3v) is 3.56. The van der Waals surface area contributed by atoms with Crippen LogP contribution in [0.15, 0.2) is 16.2 Å². The quantitative estimate of drug-likeness (QED) is 0.348. The normalized spacial score (nSPS) is 21.9. The predicted octanol–water partition coefficient (Wildman–Crippen LogP) is 2.46. The van der Waals surface area contributed by atoms with Gasteiger partial charge in [0.1, 0.15) is 12.6 Å². The van der Waals surface area contributed by atoms with Gasteiger partial charge < -0.3 is 9.47 Å². The van der Waals surface area contributed by atoms with Gasteiger partial charge in [0.2, 0.25) is 0 Å². The maximum Gasteiger partial charge on any atom is 0.302 e. The summed E-state index contributed by atoms with van der Waals surface area (Å²) in [5.41, 5.74) is 1.53. The Bertz CT molecular complexity index is 585. The highest BCUT2D eigenvalue weighted by atomic mass is 35.5. The smallest absolute Gasteiger partial charge is 0.302 e. The summed E-state index contributed by atoms with van der Waals surface area (Å²) >= 11 is 5.63. The number of carbonyl (C=O) groups is 1.